The summed E-state index contributed by atoms with van der Waals surface area (Å²) in [6.45, 7) is 5.37. The second-order valence-electron chi connectivity index (χ2n) is 6.45. The number of carbonyl (C=O) groups excluding carboxylic acids is 1. The highest BCUT2D eigenvalue weighted by Crippen LogP contribution is 2.21. The van der Waals surface area contributed by atoms with Crippen LogP contribution in [0.25, 0.3) is 11.3 Å². The molecule has 6 nitrogen and oxygen atoms in total. The molecule has 1 aromatic carbocycles. The van der Waals surface area contributed by atoms with Crippen LogP contribution in [0.2, 0.25) is 0 Å². The molecule has 0 unspecified atom stereocenters. The van der Waals surface area contributed by atoms with Gasteiger partial charge in [-0.1, -0.05) is 6.92 Å². The van der Waals surface area contributed by atoms with Gasteiger partial charge in [0.05, 0.1) is 12.8 Å². The molecule has 0 bridgehead atoms. The number of methoxy groups -OCH3 is 1. The lowest BCUT2D eigenvalue weighted by Gasteiger charge is -2.36. The third-order valence-corrected chi connectivity index (χ3v) is 5.04. The van der Waals surface area contributed by atoms with Gasteiger partial charge in [0.2, 0.25) is 0 Å². The van der Waals surface area contributed by atoms with Crippen LogP contribution in [-0.4, -0.2) is 65.2 Å². The molecule has 0 spiro atoms. The number of carbonyl (C=O) groups is 1. The Bertz CT molecular complexity index is 702. The fraction of sp³-hybridized carbons (Fsp3) is 0.474. The first-order chi connectivity index (χ1) is 12.1. The molecule has 1 fully saturated rings. The quantitative estimate of drug-likeness (QED) is 0.857. The number of nitrogens with zero attached hydrogens (tertiary/aromatic N) is 4. The van der Waals surface area contributed by atoms with E-state index in [2.05, 4.69) is 16.8 Å². The van der Waals surface area contributed by atoms with Crippen LogP contribution in [-0.2, 0) is 0 Å². The summed E-state index contributed by atoms with van der Waals surface area (Å²) < 4.78 is 6.75. The first kappa shape index (κ1) is 17.5. The van der Waals surface area contributed by atoms with E-state index in [0.29, 0.717) is 6.04 Å². The second kappa shape index (κ2) is 7.70. The second-order valence-corrected chi connectivity index (χ2v) is 6.45. The zero-order valence-corrected chi connectivity index (χ0v) is 15.2. The minimum Gasteiger partial charge on any atom is -0.497 e. The summed E-state index contributed by atoms with van der Waals surface area (Å²) in [4.78, 5) is 21.4. The predicted octanol–water partition coefficient (Wildman–Crippen LogP) is 2.94. The van der Waals surface area contributed by atoms with Crippen molar-refractivity contribution in [1.29, 1.82) is 0 Å². The van der Waals surface area contributed by atoms with Crippen molar-refractivity contribution in [1.82, 2.24) is 19.4 Å². The van der Waals surface area contributed by atoms with E-state index < -0.39 is 0 Å². The van der Waals surface area contributed by atoms with Gasteiger partial charge in [0.1, 0.15) is 12.1 Å². The lowest BCUT2D eigenvalue weighted by molar-refractivity contribution is 0.139. The Morgan fingerprint density at radius 2 is 1.96 bits per heavy atom. The molecular formula is C19H26N4O2. The Hall–Kier alpha value is -2.34. The van der Waals surface area contributed by atoms with E-state index in [4.69, 9.17) is 4.74 Å². The smallest absolute Gasteiger partial charge is 0.329 e. The molecular weight excluding hydrogens is 316 g/mol. The van der Waals surface area contributed by atoms with Gasteiger partial charge in [-0.15, -0.1) is 0 Å². The Morgan fingerprint density at radius 3 is 2.56 bits per heavy atom. The number of piperidine rings is 1. The van der Waals surface area contributed by atoms with Gasteiger partial charge in [-0.3, -0.25) is 4.57 Å². The average molecular weight is 342 g/mol. The number of hydrogen-bond acceptors (Lipinski definition) is 4. The lowest BCUT2D eigenvalue weighted by atomic mass is 10.0. The molecule has 0 aliphatic carbocycles. The number of ether oxygens (including phenoxy) is 1. The summed E-state index contributed by atoms with van der Waals surface area (Å²) in [7, 11) is 3.53. The maximum Gasteiger partial charge on any atom is 0.329 e. The number of amides is 1. The minimum atomic E-state index is -0.0257. The van der Waals surface area contributed by atoms with E-state index in [-0.39, 0.29) is 6.03 Å². The van der Waals surface area contributed by atoms with Crippen LogP contribution in [0, 0.1) is 0 Å². The fourth-order valence-corrected chi connectivity index (χ4v) is 3.30. The Morgan fingerprint density at radius 1 is 1.28 bits per heavy atom. The maximum absolute atomic E-state index is 12.8. The number of hydrogen-bond donors (Lipinski definition) is 0. The molecule has 25 heavy (non-hydrogen) atoms. The number of rotatable bonds is 4. The average Bonchev–Trinajstić information content (AvgIpc) is 3.17. The van der Waals surface area contributed by atoms with Crippen molar-refractivity contribution in [3.8, 4) is 17.0 Å². The Balaban J connectivity index is 1.67. The molecule has 1 amide bonds. The van der Waals surface area contributed by atoms with Crippen LogP contribution in [0.5, 0.6) is 5.75 Å². The van der Waals surface area contributed by atoms with Crippen LogP contribution >= 0.6 is 0 Å². The van der Waals surface area contributed by atoms with E-state index in [1.165, 1.54) is 0 Å². The molecule has 0 atom stereocenters. The largest absolute Gasteiger partial charge is 0.497 e. The number of likely N-dealkylation sites (tertiary alicyclic amines) is 1. The van der Waals surface area contributed by atoms with E-state index in [1.54, 1.807) is 24.2 Å². The van der Waals surface area contributed by atoms with Crippen molar-refractivity contribution >= 4 is 6.03 Å². The van der Waals surface area contributed by atoms with Crippen LogP contribution < -0.4 is 4.74 Å². The molecule has 0 N–H and O–H groups in total. The van der Waals surface area contributed by atoms with Crippen LogP contribution in [0.15, 0.2) is 36.8 Å². The van der Waals surface area contributed by atoms with E-state index in [9.17, 15) is 4.79 Å². The summed E-state index contributed by atoms with van der Waals surface area (Å²) in [5.74, 6) is 0.803. The van der Waals surface area contributed by atoms with E-state index >= 15 is 0 Å². The van der Waals surface area contributed by atoms with Gasteiger partial charge in [0, 0.05) is 37.9 Å². The molecule has 1 saturated heterocycles. The van der Waals surface area contributed by atoms with Crippen molar-refractivity contribution in [2.45, 2.75) is 25.8 Å². The molecule has 1 aliphatic heterocycles. The monoisotopic (exact) mass is 342 g/mol. The van der Waals surface area contributed by atoms with Gasteiger partial charge in [0.25, 0.3) is 0 Å². The summed E-state index contributed by atoms with van der Waals surface area (Å²) in [5, 5.41) is 0. The number of imidazole rings is 1. The van der Waals surface area contributed by atoms with Crippen molar-refractivity contribution < 1.29 is 9.53 Å². The van der Waals surface area contributed by atoms with Crippen molar-refractivity contribution in [3.63, 3.8) is 0 Å². The summed E-state index contributed by atoms with van der Waals surface area (Å²) >= 11 is 0. The lowest BCUT2D eigenvalue weighted by Crippen LogP contribution is -2.46. The van der Waals surface area contributed by atoms with Crippen LogP contribution in [0.3, 0.4) is 0 Å². The summed E-state index contributed by atoms with van der Waals surface area (Å²) in [6.07, 6.45) is 5.44. The number of aromatic nitrogens is 2. The van der Waals surface area contributed by atoms with Gasteiger partial charge in [0.15, 0.2) is 0 Å². The molecule has 2 heterocycles. The molecule has 3 rings (SSSR count). The minimum absolute atomic E-state index is 0.0257. The van der Waals surface area contributed by atoms with Crippen molar-refractivity contribution in [2.24, 2.45) is 0 Å². The zero-order chi connectivity index (χ0) is 17.8. The van der Waals surface area contributed by atoms with Gasteiger partial charge >= 0.3 is 6.03 Å². The SMILES string of the molecule is CCN1CCC(N(C)C(=O)n2cnc(-c3ccc(OC)cc3)c2)CC1. The molecule has 6 heteroatoms. The molecule has 2 aromatic rings. The molecule has 1 aromatic heterocycles. The molecule has 134 valence electrons. The maximum atomic E-state index is 12.8. The first-order valence-electron chi connectivity index (χ1n) is 8.80. The first-order valence-corrected chi connectivity index (χ1v) is 8.80. The standard InChI is InChI=1S/C19H26N4O2/c1-4-22-11-9-16(10-12-22)21(2)19(24)23-13-18(20-14-23)15-5-7-17(25-3)8-6-15/h5-8,13-14,16H,4,9-12H2,1-3H3. The highest BCUT2D eigenvalue weighted by Gasteiger charge is 2.25. The third-order valence-electron chi connectivity index (χ3n) is 5.04. The fourth-order valence-electron chi connectivity index (χ4n) is 3.30. The van der Waals surface area contributed by atoms with Gasteiger partial charge in [-0.25, -0.2) is 9.78 Å². The van der Waals surface area contributed by atoms with Crippen LogP contribution in [0.4, 0.5) is 4.79 Å². The molecule has 0 radical (unpaired) electrons. The zero-order valence-electron chi connectivity index (χ0n) is 15.2. The summed E-state index contributed by atoms with van der Waals surface area (Å²) in [6, 6.07) is 7.94. The Kier molecular flexibility index (Phi) is 5.38. The number of benzene rings is 1. The molecule has 1 aliphatic rings. The van der Waals surface area contributed by atoms with E-state index in [0.717, 1.165) is 49.5 Å². The Labute approximate surface area is 149 Å². The highest BCUT2D eigenvalue weighted by atomic mass is 16.5. The predicted molar refractivity (Wildman–Crippen MR) is 97.9 cm³/mol. The topological polar surface area (TPSA) is 50.6 Å². The van der Waals surface area contributed by atoms with Gasteiger partial charge < -0.3 is 14.5 Å². The molecule has 0 saturated carbocycles. The normalized spacial score (nSPS) is 16.0. The van der Waals surface area contributed by atoms with Gasteiger partial charge in [-0.05, 0) is 43.7 Å². The van der Waals surface area contributed by atoms with E-state index in [1.807, 2.05) is 36.2 Å². The third kappa shape index (κ3) is 3.85. The van der Waals surface area contributed by atoms with Crippen molar-refractivity contribution in [2.75, 3.05) is 33.8 Å². The van der Waals surface area contributed by atoms with Crippen LogP contribution in [0.1, 0.15) is 19.8 Å². The van der Waals surface area contributed by atoms with Gasteiger partial charge in [-0.2, -0.15) is 0 Å². The summed E-state index contributed by atoms with van der Waals surface area (Å²) in [5.41, 5.74) is 1.75. The van der Waals surface area contributed by atoms with Crippen molar-refractivity contribution in [3.05, 3.63) is 36.8 Å². The highest BCUT2D eigenvalue weighted by molar-refractivity contribution is 5.78.